The molecule has 5 rings (SSSR count). The molecule has 0 radical (unpaired) electrons. The number of rotatable bonds is 5. The highest BCUT2D eigenvalue weighted by molar-refractivity contribution is 7.89. The van der Waals surface area contributed by atoms with Crippen LogP contribution in [0.1, 0.15) is 68.1 Å². The number of amides is 1. The van der Waals surface area contributed by atoms with Crippen molar-refractivity contribution in [3.8, 4) is 11.3 Å². The normalized spacial score (nSPS) is 18.3. The van der Waals surface area contributed by atoms with Crippen molar-refractivity contribution in [1.29, 1.82) is 0 Å². The van der Waals surface area contributed by atoms with E-state index in [4.69, 9.17) is 4.98 Å². The molecule has 184 valence electrons. The summed E-state index contributed by atoms with van der Waals surface area (Å²) in [6.07, 6.45) is 12.6. The van der Waals surface area contributed by atoms with Gasteiger partial charge in [-0.25, -0.2) is 13.4 Å². The minimum atomic E-state index is -3.64. The van der Waals surface area contributed by atoms with Gasteiger partial charge in [-0.15, -0.1) is 0 Å². The Hall–Kier alpha value is -2.84. The molecule has 3 aromatic rings. The van der Waals surface area contributed by atoms with E-state index in [1.54, 1.807) is 41.0 Å². The third-order valence-corrected chi connectivity index (χ3v) is 9.02. The Bertz CT molecular complexity index is 1300. The van der Waals surface area contributed by atoms with E-state index in [0.29, 0.717) is 35.2 Å². The van der Waals surface area contributed by atoms with E-state index < -0.39 is 10.0 Å². The largest absolute Gasteiger partial charge is 0.349 e. The van der Waals surface area contributed by atoms with Gasteiger partial charge in [-0.3, -0.25) is 9.78 Å². The van der Waals surface area contributed by atoms with Crippen molar-refractivity contribution in [2.45, 2.75) is 68.7 Å². The van der Waals surface area contributed by atoms with Gasteiger partial charge in [-0.1, -0.05) is 32.1 Å². The summed E-state index contributed by atoms with van der Waals surface area (Å²) in [4.78, 5) is 22.7. The Balaban J connectivity index is 1.58. The molecule has 7 nitrogen and oxygen atoms in total. The van der Waals surface area contributed by atoms with Gasteiger partial charge in [-0.05, 0) is 62.1 Å². The summed E-state index contributed by atoms with van der Waals surface area (Å²) in [7, 11) is -3.64. The number of carbonyl (C=O) groups excluding carboxylic acids is 1. The van der Waals surface area contributed by atoms with E-state index >= 15 is 0 Å². The quantitative estimate of drug-likeness (QED) is 0.546. The van der Waals surface area contributed by atoms with E-state index in [9.17, 15) is 13.2 Å². The van der Waals surface area contributed by atoms with Crippen molar-refractivity contribution < 1.29 is 13.2 Å². The maximum absolute atomic E-state index is 13.5. The average molecular weight is 493 g/mol. The molecule has 1 aromatic carbocycles. The second-order valence-corrected chi connectivity index (χ2v) is 11.5. The zero-order valence-corrected chi connectivity index (χ0v) is 20.8. The number of sulfonamides is 1. The van der Waals surface area contributed by atoms with E-state index in [-0.39, 0.29) is 16.8 Å². The van der Waals surface area contributed by atoms with Gasteiger partial charge < -0.3 is 5.32 Å². The summed E-state index contributed by atoms with van der Waals surface area (Å²) in [5.41, 5.74) is 2.49. The number of hydrogen-bond acceptors (Lipinski definition) is 5. The van der Waals surface area contributed by atoms with Gasteiger partial charge in [0.25, 0.3) is 5.91 Å². The molecule has 0 atom stereocenters. The molecule has 1 N–H and O–H groups in total. The minimum Gasteiger partial charge on any atom is -0.349 e. The first-order valence-electron chi connectivity index (χ1n) is 12.7. The summed E-state index contributed by atoms with van der Waals surface area (Å²) in [6, 6.07) is 10.6. The number of benzene rings is 1. The molecule has 3 heterocycles. The highest BCUT2D eigenvalue weighted by Crippen LogP contribution is 2.29. The monoisotopic (exact) mass is 492 g/mol. The SMILES string of the molecule is O=C(NC1CCCCC1)c1cc(-c2cccnc2)nc2ccc(S(=O)(=O)N3CCCCCC3)cc12. The summed E-state index contributed by atoms with van der Waals surface area (Å²) in [5.74, 6) is -0.182. The molecule has 1 saturated carbocycles. The van der Waals surface area contributed by atoms with Crippen LogP contribution in [0.2, 0.25) is 0 Å². The van der Waals surface area contributed by atoms with Gasteiger partial charge >= 0.3 is 0 Å². The summed E-state index contributed by atoms with van der Waals surface area (Å²) >= 11 is 0. The lowest BCUT2D eigenvalue weighted by atomic mass is 9.95. The van der Waals surface area contributed by atoms with Crippen LogP contribution in [-0.4, -0.2) is 47.7 Å². The summed E-state index contributed by atoms with van der Waals surface area (Å²) < 4.78 is 28.5. The van der Waals surface area contributed by atoms with Gasteiger partial charge in [0.2, 0.25) is 10.0 Å². The predicted molar refractivity (Wildman–Crippen MR) is 137 cm³/mol. The molecule has 2 aliphatic rings. The van der Waals surface area contributed by atoms with Gasteiger partial charge in [0.05, 0.1) is 21.7 Å². The maximum Gasteiger partial charge on any atom is 0.252 e. The van der Waals surface area contributed by atoms with Crippen LogP contribution >= 0.6 is 0 Å². The lowest BCUT2D eigenvalue weighted by Gasteiger charge is -2.23. The van der Waals surface area contributed by atoms with Crippen LogP contribution in [0.15, 0.2) is 53.7 Å². The van der Waals surface area contributed by atoms with Gasteiger partial charge in [-0.2, -0.15) is 4.31 Å². The summed E-state index contributed by atoms with van der Waals surface area (Å²) in [5, 5.41) is 3.75. The minimum absolute atomic E-state index is 0.144. The first kappa shape index (κ1) is 23.9. The number of pyridine rings is 2. The van der Waals surface area contributed by atoms with Crippen LogP contribution in [0.4, 0.5) is 0 Å². The number of hydrogen-bond donors (Lipinski definition) is 1. The Morgan fingerprint density at radius 3 is 2.40 bits per heavy atom. The highest BCUT2D eigenvalue weighted by Gasteiger charge is 2.27. The van der Waals surface area contributed by atoms with Crippen molar-refractivity contribution >= 4 is 26.8 Å². The standard InChI is InChI=1S/C27H32N4O3S/c32-27(29-21-10-4-3-5-11-21)24-18-26(20-9-8-14-28-19-20)30-25-13-12-22(17-23(24)25)35(33,34)31-15-6-1-2-7-16-31/h8-9,12-14,17-19,21H,1-7,10-11,15-16H2,(H,29,32). The van der Waals surface area contributed by atoms with Crippen LogP contribution < -0.4 is 5.32 Å². The third kappa shape index (κ3) is 5.23. The molecule has 35 heavy (non-hydrogen) atoms. The van der Waals surface area contributed by atoms with E-state index in [0.717, 1.165) is 56.9 Å². The molecule has 1 aliphatic heterocycles. The first-order valence-corrected chi connectivity index (χ1v) is 14.1. The molecule has 1 aliphatic carbocycles. The highest BCUT2D eigenvalue weighted by atomic mass is 32.2. The maximum atomic E-state index is 13.5. The zero-order valence-electron chi connectivity index (χ0n) is 19.9. The molecule has 1 saturated heterocycles. The molecule has 0 spiro atoms. The van der Waals surface area contributed by atoms with Crippen LogP contribution in [-0.2, 0) is 10.0 Å². The van der Waals surface area contributed by atoms with Gasteiger partial charge in [0, 0.05) is 42.5 Å². The van der Waals surface area contributed by atoms with Crippen LogP contribution in [0.25, 0.3) is 22.2 Å². The van der Waals surface area contributed by atoms with Gasteiger partial charge in [0.15, 0.2) is 0 Å². The smallest absolute Gasteiger partial charge is 0.252 e. The third-order valence-electron chi connectivity index (χ3n) is 7.13. The van der Waals surface area contributed by atoms with Crippen LogP contribution in [0, 0.1) is 0 Å². The fourth-order valence-electron chi connectivity index (χ4n) is 5.16. The van der Waals surface area contributed by atoms with Crippen molar-refractivity contribution in [2.24, 2.45) is 0 Å². The fraction of sp³-hybridized carbons (Fsp3) is 0.444. The molecule has 0 unspecified atom stereocenters. The van der Waals surface area contributed by atoms with E-state index in [1.807, 2.05) is 12.1 Å². The number of nitrogens with zero attached hydrogens (tertiary/aromatic N) is 3. The Kier molecular flexibility index (Phi) is 7.11. The van der Waals surface area contributed by atoms with Crippen LogP contribution in [0.3, 0.4) is 0 Å². The second-order valence-electron chi connectivity index (χ2n) is 9.60. The van der Waals surface area contributed by atoms with Crippen molar-refractivity contribution in [2.75, 3.05) is 13.1 Å². The number of fused-ring (bicyclic) bond motifs is 1. The molecular formula is C27H32N4O3S. The first-order chi connectivity index (χ1) is 17.0. The zero-order chi connectivity index (χ0) is 24.3. The number of carbonyl (C=O) groups is 1. The molecule has 2 fully saturated rings. The lowest BCUT2D eigenvalue weighted by molar-refractivity contribution is 0.0929. The number of nitrogens with one attached hydrogen (secondary N) is 1. The predicted octanol–water partition coefficient (Wildman–Crippen LogP) is 4.92. The Labute approximate surface area is 207 Å². The fourth-order valence-corrected chi connectivity index (χ4v) is 6.70. The Morgan fingerprint density at radius 2 is 1.69 bits per heavy atom. The lowest BCUT2D eigenvalue weighted by Crippen LogP contribution is -2.36. The topological polar surface area (TPSA) is 92.3 Å². The van der Waals surface area contributed by atoms with Crippen LogP contribution in [0.5, 0.6) is 0 Å². The van der Waals surface area contributed by atoms with Crippen molar-refractivity contribution in [1.82, 2.24) is 19.6 Å². The molecule has 8 heteroatoms. The second kappa shape index (κ2) is 10.4. The van der Waals surface area contributed by atoms with Gasteiger partial charge in [0.1, 0.15) is 0 Å². The molecular weight excluding hydrogens is 460 g/mol. The Morgan fingerprint density at radius 1 is 0.943 bits per heavy atom. The number of aromatic nitrogens is 2. The van der Waals surface area contributed by atoms with Crippen molar-refractivity contribution in [3.63, 3.8) is 0 Å². The average Bonchev–Trinajstić information content (AvgIpc) is 3.19. The van der Waals surface area contributed by atoms with Crippen molar-refractivity contribution in [3.05, 3.63) is 54.4 Å². The molecule has 0 bridgehead atoms. The molecule has 2 aromatic heterocycles. The van der Waals surface area contributed by atoms with E-state index in [2.05, 4.69) is 10.3 Å². The summed E-state index contributed by atoms with van der Waals surface area (Å²) in [6.45, 7) is 1.07. The van der Waals surface area contributed by atoms with E-state index in [1.165, 1.54) is 6.42 Å². The molecule has 1 amide bonds.